The lowest BCUT2D eigenvalue weighted by atomic mass is 9.92. The maximum atomic E-state index is 15.1. The molecular weight excluding hydrogens is 538 g/mol. The first-order valence-corrected chi connectivity index (χ1v) is 13.7. The second-order valence-corrected chi connectivity index (χ2v) is 10.5. The number of nitrogens with one attached hydrogen (secondary N) is 1. The molecule has 4 rings (SSSR count). The average Bonchev–Trinajstić information content (AvgIpc) is 3.45. The summed E-state index contributed by atoms with van der Waals surface area (Å²) in [5.74, 6) is -4.00. The van der Waals surface area contributed by atoms with Crippen molar-refractivity contribution >= 4 is 28.1 Å². The maximum absolute atomic E-state index is 15.1. The van der Waals surface area contributed by atoms with Crippen molar-refractivity contribution in [3.63, 3.8) is 0 Å². The minimum Gasteiger partial charge on any atom is -0.404 e. The molecule has 220 valence electrons. The number of carbonyl (C=O) groups excluding carboxylic acids is 1. The number of likely N-dealkylation sites (tertiary alicyclic amines) is 1. The van der Waals surface area contributed by atoms with Crippen LogP contribution in [0.3, 0.4) is 0 Å². The van der Waals surface area contributed by atoms with Crippen LogP contribution in [0.5, 0.6) is 0 Å². The van der Waals surface area contributed by atoms with E-state index >= 15 is 8.78 Å². The summed E-state index contributed by atoms with van der Waals surface area (Å²) >= 11 is 0. The zero-order valence-electron chi connectivity index (χ0n) is 24.3. The average molecular weight is 575 g/mol. The summed E-state index contributed by atoms with van der Waals surface area (Å²) in [6.45, 7) is 12.2. The summed E-state index contributed by atoms with van der Waals surface area (Å²) in [5.41, 5.74) is 7.02. The molecule has 0 aliphatic carbocycles. The van der Waals surface area contributed by atoms with Gasteiger partial charge in [0.15, 0.2) is 0 Å². The molecule has 9 nitrogen and oxygen atoms in total. The van der Waals surface area contributed by atoms with Crippen LogP contribution < -0.4 is 11.1 Å². The lowest BCUT2D eigenvalue weighted by Crippen LogP contribution is -2.41. The second-order valence-electron chi connectivity index (χ2n) is 10.5. The van der Waals surface area contributed by atoms with E-state index in [0.29, 0.717) is 24.6 Å². The third-order valence-electron chi connectivity index (χ3n) is 7.12. The Bertz CT molecular complexity index is 1560. The Hall–Kier alpha value is -4.67. The number of pyridine rings is 1. The summed E-state index contributed by atoms with van der Waals surface area (Å²) in [6, 6.07) is 7.40. The summed E-state index contributed by atoms with van der Waals surface area (Å²) in [5, 5.41) is 12.5. The number of rotatable bonds is 11. The van der Waals surface area contributed by atoms with Crippen LogP contribution >= 0.6 is 0 Å². The Kier molecular flexibility index (Phi) is 9.29. The number of allylic oxidation sites excluding steroid dienone is 3. The molecule has 1 aliphatic rings. The fourth-order valence-electron chi connectivity index (χ4n) is 4.70. The number of benzene rings is 1. The van der Waals surface area contributed by atoms with Gasteiger partial charge in [-0.15, -0.1) is 0 Å². The van der Waals surface area contributed by atoms with Gasteiger partial charge in [0.05, 0.1) is 42.1 Å². The number of fused-ring (bicyclic) bond motifs is 1. The molecule has 1 aromatic carbocycles. The van der Waals surface area contributed by atoms with E-state index in [-0.39, 0.29) is 17.5 Å². The van der Waals surface area contributed by atoms with E-state index in [2.05, 4.69) is 37.0 Å². The lowest BCUT2D eigenvalue weighted by Gasteiger charge is -2.38. The van der Waals surface area contributed by atoms with Crippen molar-refractivity contribution in [1.82, 2.24) is 30.2 Å². The maximum Gasteiger partial charge on any atom is 0.287 e. The van der Waals surface area contributed by atoms with Gasteiger partial charge in [-0.2, -0.15) is 23.8 Å². The van der Waals surface area contributed by atoms with Gasteiger partial charge < -0.3 is 16.0 Å². The number of nitrogens with zero attached hydrogens (tertiary/aromatic N) is 6. The topological polar surface area (TPSA) is 114 Å². The molecule has 2 aromatic heterocycles. The van der Waals surface area contributed by atoms with Crippen molar-refractivity contribution in [1.29, 1.82) is 0 Å². The van der Waals surface area contributed by atoms with E-state index in [9.17, 15) is 4.79 Å². The fraction of sp³-hybridized carbons (Fsp3) is 0.323. The van der Waals surface area contributed by atoms with Gasteiger partial charge in [0, 0.05) is 48.6 Å². The molecule has 0 spiro atoms. The molecule has 3 heterocycles. The van der Waals surface area contributed by atoms with Gasteiger partial charge in [-0.05, 0) is 30.7 Å². The van der Waals surface area contributed by atoms with Gasteiger partial charge in [0.25, 0.3) is 11.8 Å². The normalized spacial score (nSPS) is 15.7. The highest BCUT2D eigenvalue weighted by atomic mass is 19.3. The molecule has 0 bridgehead atoms. The third-order valence-corrected chi connectivity index (χ3v) is 7.12. The molecule has 1 fully saturated rings. The van der Waals surface area contributed by atoms with Crippen molar-refractivity contribution < 1.29 is 13.6 Å². The molecule has 11 heteroatoms. The van der Waals surface area contributed by atoms with Gasteiger partial charge in [-0.3, -0.25) is 9.78 Å². The first kappa shape index (κ1) is 30.3. The van der Waals surface area contributed by atoms with E-state index < -0.39 is 23.1 Å². The number of hydrogen-bond acceptors (Lipinski definition) is 7. The van der Waals surface area contributed by atoms with E-state index in [0.717, 1.165) is 35.9 Å². The number of alkyl halides is 2. The molecule has 42 heavy (non-hydrogen) atoms. The molecule has 1 aliphatic heterocycles. The predicted molar refractivity (Wildman–Crippen MR) is 161 cm³/mol. The van der Waals surface area contributed by atoms with E-state index in [1.165, 1.54) is 11.0 Å². The quantitative estimate of drug-likeness (QED) is 0.184. The van der Waals surface area contributed by atoms with Gasteiger partial charge in [0.1, 0.15) is 5.71 Å². The van der Waals surface area contributed by atoms with E-state index in [1.54, 1.807) is 37.7 Å². The first-order chi connectivity index (χ1) is 20.0. The van der Waals surface area contributed by atoms with Crippen molar-refractivity contribution in [2.24, 2.45) is 16.6 Å². The van der Waals surface area contributed by atoms with Crippen LogP contribution in [0, 0.1) is 5.92 Å². The summed E-state index contributed by atoms with van der Waals surface area (Å²) in [7, 11) is 0. The molecule has 1 saturated heterocycles. The van der Waals surface area contributed by atoms with E-state index in [1.807, 2.05) is 38.1 Å². The molecule has 0 atom stereocenters. The molecule has 0 radical (unpaired) electrons. The van der Waals surface area contributed by atoms with Crippen molar-refractivity contribution in [3.8, 4) is 0 Å². The minimum absolute atomic E-state index is 0.105. The van der Waals surface area contributed by atoms with Crippen LogP contribution in [0.25, 0.3) is 10.8 Å². The number of halogens is 2. The number of nitrogens with two attached hydrogens (primary N) is 1. The molecule has 3 aromatic rings. The van der Waals surface area contributed by atoms with E-state index in [4.69, 9.17) is 5.73 Å². The molecule has 0 saturated carbocycles. The van der Waals surface area contributed by atoms with Crippen molar-refractivity contribution in [3.05, 3.63) is 96.5 Å². The van der Waals surface area contributed by atoms with Gasteiger partial charge in [-0.25, -0.2) is 4.99 Å². The molecular formula is C31H36F2N8O. The molecule has 1 amide bonds. The van der Waals surface area contributed by atoms with Gasteiger partial charge in [0.2, 0.25) is 0 Å². The van der Waals surface area contributed by atoms with Crippen molar-refractivity contribution in [2.75, 3.05) is 13.1 Å². The second kappa shape index (κ2) is 12.9. The van der Waals surface area contributed by atoms with Crippen LogP contribution in [0.1, 0.15) is 39.3 Å². The monoisotopic (exact) mass is 574 g/mol. The Morgan fingerprint density at radius 1 is 1.24 bits per heavy atom. The minimum atomic E-state index is -3.48. The molecule has 0 unspecified atom stereocenters. The lowest BCUT2D eigenvalue weighted by molar-refractivity contribution is -0.116. The SMILES string of the molecule is C=CN1CC(c2ncc(N=C(C(=CN)C(=O)NC(/C=C(\Cn3nccn3)C(C)C)=C/C)C(C)(F)F)c3ccccc23)C1. The zero-order chi connectivity index (χ0) is 30.4. The smallest absolute Gasteiger partial charge is 0.287 e. The number of carbonyl (C=O) groups is 1. The molecule has 3 N–H and O–H groups in total. The third kappa shape index (κ3) is 6.79. The highest BCUT2D eigenvalue weighted by molar-refractivity contribution is 6.25. The largest absolute Gasteiger partial charge is 0.404 e. The van der Waals surface area contributed by atoms with Crippen LogP contribution in [0.2, 0.25) is 0 Å². The Morgan fingerprint density at radius 2 is 1.90 bits per heavy atom. The summed E-state index contributed by atoms with van der Waals surface area (Å²) in [4.78, 5) is 25.9. The predicted octanol–water partition coefficient (Wildman–Crippen LogP) is 5.24. The zero-order valence-corrected chi connectivity index (χ0v) is 24.3. The summed E-state index contributed by atoms with van der Waals surface area (Å²) in [6.07, 6.45) is 10.7. The van der Waals surface area contributed by atoms with Gasteiger partial charge in [-0.1, -0.05) is 50.8 Å². The van der Waals surface area contributed by atoms with Crippen LogP contribution in [0.15, 0.2) is 95.8 Å². The highest BCUT2D eigenvalue weighted by Crippen LogP contribution is 2.36. The fourth-order valence-corrected chi connectivity index (χ4v) is 4.70. The Balaban J connectivity index is 1.67. The van der Waals surface area contributed by atoms with Crippen LogP contribution in [-0.4, -0.2) is 55.5 Å². The van der Waals surface area contributed by atoms with Crippen LogP contribution in [0.4, 0.5) is 14.5 Å². The Labute approximate surface area is 244 Å². The first-order valence-electron chi connectivity index (χ1n) is 13.7. The highest BCUT2D eigenvalue weighted by Gasteiger charge is 2.36. The standard InChI is InChI=1S/C31H36F2N8O/c1-6-23(14-21(20(3)4)19-41-36-12-13-37-41)38-30(42)26(15-34)29(31(5,32)33)39-27-16-35-28(22-17-40(7-2)18-22)25-11-9-8-10-24(25)27/h6-16,20,22H,2,17-19,34H2,1,3-5H3,(H,38,42)/b21-14+,23-6+,26-15?,39-29?. The number of aliphatic imine (C=N–C) groups is 1. The van der Waals surface area contributed by atoms with Crippen LogP contribution in [-0.2, 0) is 11.3 Å². The Morgan fingerprint density at radius 3 is 2.48 bits per heavy atom. The van der Waals surface area contributed by atoms with Gasteiger partial charge >= 0.3 is 0 Å². The van der Waals surface area contributed by atoms with Crippen molar-refractivity contribution in [2.45, 2.75) is 46.1 Å². The number of hydrogen-bond donors (Lipinski definition) is 2. The number of amides is 1. The number of aromatic nitrogens is 4. The summed E-state index contributed by atoms with van der Waals surface area (Å²) < 4.78 is 30.2.